The molecule has 158 valence electrons. The number of hydrogen-bond acceptors (Lipinski definition) is 5. The second-order valence-electron chi connectivity index (χ2n) is 7.67. The molecule has 0 amide bonds. The van der Waals surface area contributed by atoms with Gasteiger partial charge < -0.3 is 8.94 Å². The van der Waals surface area contributed by atoms with Crippen LogP contribution in [0.2, 0.25) is 0 Å². The summed E-state index contributed by atoms with van der Waals surface area (Å²) in [5.41, 5.74) is 1.20. The van der Waals surface area contributed by atoms with Crippen molar-refractivity contribution in [1.82, 2.24) is 0 Å². The second kappa shape index (κ2) is 8.69. The van der Waals surface area contributed by atoms with Crippen molar-refractivity contribution in [2.24, 2.45) is 4.74 Å². The molecule has 0 spiro atoms. The molecule has 3 aromatic rings. The molecule has 1 heterocycles. The highest BCUT2D eigenvalue weighted by Gasteiger charge is 2.42. The van der Waals surface area contributed by atoms with Crippen LogP contribution in [0.4, 0.5) is 11.4 Å². The third-order valence-electron chi connectivity index (χ3n) is 4.36. The molecular weight excluding hydrogens is 535 g/mol. The van der Waals surface area contributed by atoms with Crippen LogP contribution in [-0.4, -0.2) is 10.1 Å². The summed E-state index contributed by atoms with van der Waals surface area (Å²) in [6.07, 6.45) is 0. The maximum Gasteiger partial charge on any atom is 0.270 e. The van der Waals surface area contributed by atoms with Crippen LogP contribution in [0.25, 0.3) is 0 Å². The Labute approximate surface area is 192 Å². The Morgan fingerprint density at radius 3 is 2.37 bits per heavy atom. The summed E-state index contributed by atoms with van der Waals surface area (Å²) in [6.45, 7) is 8.04. The number of aryl methyl sites for hydroxylation is 1. The minimum absolute atomic E-state index is 0.0118. The van der Waals surface area contributed by atoms with E-state index in [0.29, 0.717) is 21.4 Å². The van der Waals surface area contributed by atoms with Crippen LogP contribution in [0.5, 0.6) is 5.75 Å². The number of nitro benzene ring substituents is 1. The van der Waals surface area contributed by atoms with E-state index in [0.717, 1.165) is 10.2 Å². The van der Waals surface area contributed by atoms with Crippen molar-refractivity contribution in [3.8, 4) is 5.75 Å². The lowest BCUT2D eigenvalue weighted by molar-refractivity contribution is -0.384. The van der Waals surface area contributed by atoms with E-state index in [-0.39, 0.29) is 5.69 Å². The smallest absolute Gasteiger partial charge is 0.270 e. The number of furan rings is 1. The summed E-state index contributed by atoms with van der Waals surface area (Å²) < 4.78 is 19.2. The van der Waals surface area contributed by atoms with E-state index in [4.69, 9.17) is 13.7 Å². The van der Waals surface area contributed by atoms with Gasteiger partial charge in [-0.1, -0.05) is 42.8 Å². The third-order valence-corrected chi connectivity index (χ3v) is 9.12. The number of halogens is 2. The van der Waals surface area contributed by atoms with E-state index in [2.05, 4.69) is 52.6 Å². The first kappa shape index (κ1) is 22.8. The molecule has 9 heteroatoms. The minimum Gasteiger partial charge on any atom is -0.457 e. The first-order chi connectivity index (χ1) is 14.0. The summed E-state index contributed by atoms with van der Waals surface area (Å²) in [5, 5.41) is 10.7. The fraction of sp³-hybridized carbons (Fsp3) is 0.238. The van der Waals surface area contributed by atoms with Crippen LogP contribution >= 0.6 is 39.1 Å². The zero-order valence-corrected chi connectivity index (χ0v) is 21.0. The summed E-state index contributed by atoms with van der Waals surface area (Å²) in [7, 11) is -2.80. The van der Waals surface area contributed by atoms with E-state index >= 15 is 0 Å². The SMILES string of the molecule is Cc1ccc([P@](=Nc2ccc([N+](=O)[O-])cc2Br)(Oc2cccc(Br)c2)C(C)(C)C)o1. The monoisotopic (exact) mass is 554 g/mol. The van der Waals surface area contributed by atoms with E-state index in [1.54, 1.807) is 6.07 Å². The van der Waals surface area contributed by atoms with Gasteiger partial charge in [0.2, 0.25) is 7.28 Å². The number of rotatable bonds is 5. The standard InChI is InChI=1S/C21H21Br2N2O4P/c1-14-8-11-20(28-14)30(21(2,3)4,29-17-7-5-6-15(22)12-17)24-19-10-9-16(25(26)27)13-18(19)23/h5-13H,1-4H3/t30-/m0/s1. The van der Waals surface area contributed by atoms with Gasteiger partial charge in [0.1, 0.15) is 11.5 Å². The Balaban J connectivity index is 2.30. The zero-order chi connectivity index (χ0) is 22.1. The van der Waals surface area contributed by atoms with Gasteiger partial charge in [0.15, 0.2) is 5.50 Å². The molecule has 1 atom stereocenters. The van der Waals surface area contributed by atoms with Gasteiger partial charge in [-0.05, 0) is 59.3 Å². The third kappa shape index (κ3) is 4.71. The molecule has 3 rings (SSSR count). The molecule has 30 heavy (non-hydrogen) atoms. The summed E-state index contributed by atoms with van der Waals surface area (Å²) in [6, 6.07) is 15.9. The Kier molecular flexibility index (Phi) is 6.60. The number of nitrogens with zero attached hydrogens (tertiary/aromatic N) is 2. The fourth-order valence-corrected chi connectivity index (χ4v) is 6.71. The average molecular weight is 556 g/mol. The lowest BCUT2D eigenvalue weighted by atomic mass is 10.3. The summed E-state index contributed by atoms with van der Waals surface area (Å²) in [5.74, 6) is 1.41. The molecule has 6 nitrogen and oxygen atoms in total. The van der Waals surface area contributed by atoms with Crippen molar-refractivity contribution in [2.45, 2.75) is 32.9 Å². The van der Waals surface area contributed by atoms with Crippen molar-refractivity contribution in [3.05, 3.63) is 79.4 Å². The van der Waals surface area contributed by atoms with Crippen LogP contribution in [0.3, 0.4) is 0 Å². The second-order valence-corrected chi connectivity index (χ2v) is 12.8. The van der Waals surface area contributed by atoms with Gasteiger partial charge in [0, 0.05) is 21.8 Å². The molecule has 1 aromatic heterocycles. The van der Waals surface area contributed by atoms with E-state index < -0.39 is 17.4 Å². The van der Waals surface area contributed by atoms with Crippen molar-refractivity contribution in [3.63, 3.8) is 0 Å². The maximum atomic E-state index is 11.1. The topological polar surface area (TPSA) is 77.9 Å². The van der Waals surface area contributed by atoms with Crippen molar-refractivity contribution in [1.29, 1.82) is 0 Å². The van der Waals surface area contributed by atoms with E-state index in [9.17, 15) is 10.1 Å². The van der Waals surface area contributed by atoms with Crippen LogP contribution in [-0.2, 0) is 0 Å². The Bertz CT molecular complexity index is 1150. The van der Waals surface area contributed by atoms with Gasteiger partial charge in [-0.3, -0.25) is 10.1 Å². The van der Waals surface area contributed by atoms with Gasteiger partial charge in [-0.25, -0.2) is 4.74 Å². The molecule has 0 unspecified atom stereocenters. The van der Waals surface area contributed by atoms with Gasteiger partial charge in [-0.15, -0.1) is 0 Å². The quantitative estimate of drug-likeness (QED) is 0.182. The largest absolute Gasteiger partial charge is 0.457 e. The lowest BCUT2D eigenvalue weighted by Crippen LogP contribution is -2.26. The highest BCUT2D eigenvalue weighted by Crippen LogP contribution is 2.62. The molecule has 0 aliphatic heterocycles. The molecule has 2 aromatic carbocycles. The van der Waals surface area contributed by atoms with Crippen LogP contribution < -0.4 is 10.0 Å². The van der Waals surface area contributed by atoms with Crippen molar-refractivity contribution < 1.29 is 13.9 Å². The number of nitro groups is 1. The highest BCUT2D eigenvalue weighted by atomic mass is 79.9. The van der Waals surface area contributed by atoms with E-state index in [1.807, 2.05) is 43.3 Å². The highest BCUT2D eigenvalue weighted by molar-refractivity contribution is 9.10. The number of hydrogen-bond donors (Lipinski definition) is 0. The number of benzene rings is 2. The molecule has 0 N–H and O–H groups in total. The molecule has 0 bridgehead atoms. The molecule has 0 saturated carbocycles. The zero-order valence-electron chi connectivity index (χ0n) is 16.9. The van der Waals surface area contributed by atoms with Crippen LogP contribution in [0, 0.1) is 17.0 Å². The summed E-state index contributed by atoms with van der Waals surface area (Å²) >= 11 is 6.92. The summed E-state index contributed by atoms with van der Waals surface area (Å²) in [4.78, 5) is 10.7. The Morgan fingerprint density at radius 2 is 1.83 bits per heavy atom. The molecule has 0 aliphatic carbocycles. The van der Waals surface area contributed by atoms with Crippen LogP contribution in [0.1, 0.15) is 26.5 Å². The average Bonchev–Trinajstić information content (AvgIpc) is 3.08. The van der Waals surface area contributed by atoms with E-state index in [1.165, 1.54) is 12.1 Å². The molecular formula is C21H21Br2N2O4P. The normalized spacial score (nSPS) is 13.5. The van der Waals surface area contributed by atoms with Crippen LogP contribution in [0.15, 0.2) is 72.7 Å². The molecule has 0 fully saturated rings. The number of non-ortho nitro benzene ring substituents is 1. The Morgan fingerprint density at radius 1 is 1.10 bits per heavy atom. The van der Waals surface area contributed by atoms with Crippen molar-refractivity contribution in [2.75, 3.05) is 0 Å². The van der Waals surface area contributed by atoms with Crippen molar-refractivity contribution >= 4 is 56.0 Å². The Hall–Kier alpha value is -1.89. The van der Waals surface area contributed by atoms with Gasteiger partial charge in [0.05, 0.1) is 15.1 Å². The molecule has 0 saturated heterocycles. The van der Waals surface area contributed by atoms with Gasteiger partial charge in [-0.2, -0.15) is 0 Å². The fourth-order valence-electron chi connectivity index (χ4n) is 2.84. The predicted octanol–water partition coefficient (Wildman–Crippen LogP) is 7.97. The van der Waals surface area contributed by atoms with Gasteiger partial charge in [0.25, 0.3) is 5.69 Å². The van der Waals surface area contributed by atoms with Gasteiger partial charge >= 0.3 is 0 Å². The molecule has 0 aliphatic rings. The minimum atomic E-state index is -2.80. The first-order valence-electron chi connectivity index (χ1n) is 9.10. The lowest BCUT2D eigenvalue weighted by Gasteiger charge is -2.35. The molecule has 0 radical (unpaired) electrons. The predicted molar refractivity (Wildman–Crippen MR) is 127 cm³/mol. The first-order valence-corrected chi connectivity index (χ1v) is 12.3. The maximum absolute atomic E-state index is 11.1.